The highest BCUT2D eigenvalue weighted by atomic mass is 16.5. The molecule has 26 heavy (non-hydrogen) atoms. The Morgan fingerprint density at radius 3 is 2.23 bits per heavy atom. The van der Waals surface area contributed by atoms with Gasteiger partial charge in [-0.15, -0.1) is 10.2 Å². The molecular formula is C21H19N3O2. The molecule has 1 aliphatic heterocycles. The maximum atomic E-state index is 12.4. The number of carbonyl (C=O) groups excluding carboxylic acids is 1. The van der Waals surface area contributed by atoms with E-state index in [2.05, 4.69) is 10.2 Å². The fraction of sp³-hybridized carbons (Fsp3) is 0.190. The van der Waals surface area contributed by atoms with E-state index in [0.29, 0.717) is 11.4 Å². The lowest BCUT2D eigenvalue weighted by molar-refractivity contribution is 0.0793. The van der Waals surface area contributed by atoms with Crippen LogP contribution in [0.1, 0.15) is 23.2 Å². The molecule has 1 fully saturated rings. The van der Waals surface area contributed by atoms with Crippen LogP contribution in [-0.2, 0) is 0 Å². The fourth-order valence-electron chi connectivity index (χ4n) is 3.02. The first-order valence-corrected chi connectivity index (χ1v) is 8.76. The average molecular weight is 345 g/mol. The summed E-state index contributed by atoms with van der Waals surface area (Å²) in [6.45, 7) is 1.71. The third kappa shape index (κ3) is 3.57. The van der Waals surface area contributed by atoms with Gasteiger partial charge in [-0.25, -0.2) is 0 Å². The van der Waals surface area contributed by atoms with Crippen LogP contribution in [0, 0.1) is 0 Å². The Hall–Kier alpha value is -3.21. The molecule has 0 saturated carbocycles. The molecule has 0 atom stereocenters. The van der Waals surface area contributed by atoms with Gasteiger partial charge in [0, 0.05) is 30.3 Å². The lowest BCUT2D eigenvalue weighted by atomic mass is 10.1. The Balaban J connectivity index is 1.46. The van der Waals surface area contributed by atoms with Gasteiger partial charge in [0.25, 0.3) is 5.91 Å². The van der Waals surface area contributed by atoms with E-state index in [0.717, 1.165) is 42.9 Å². The quantitative estimate of drug-likeness (QED) is 0.712. The molecule has 0 bridgehead atoms. The van der Waals surface area contributed by atoms with Crippen molar-refractivity contribution in [1.29, 1.82) is 0 Å². The minimum absolute atomic E-state index is 0.103. The van der Waals surface area contributed by atoms with Gasteiger partial charge in [-0.1, -0.05) is 30.3 Å². The number of carbonyl (C=O) groups is 1. The third-order valence-electron chi connectivity index (χ3n) is 4.43. The predicted octanol–water partition coefficient (Wildman–Crippen LogP) is 4.17. The first-order chi connectivity index (χ1) is 12.8. The Morgan fingerprint density at radius 1 is 0.846 bits per heavy atom. The van der Waals surface area contributed by atoms with Crippen LogP contribution in [0.5, 0.6) is 11.6 Å². The molecule has 2 aromatic carbocycles. The highest BCUT2D eigenvalue weighted by Crippen LogP contribution is 2.22. The standard InChI is InChI=1S/C21H19N3O2/c25-21(24-14-4-5-15-24)17-10-8-16(9-11-17)19-12-13-20(23-22-19)26-18-6-2-1-3-7-18/h1-3,6-13H,4-5,14-15H2. The molecule has 4 rings (SSSR count). The second kappa shape index (κ2) is 7.35. The van der Waals surface area contributed by atoms with Gasteiger partial charge in [0.1, 0.15) is 5.75 Å². The van der Waals surface area contributed by atoms with E-state index in [1.165, 1.54) is 0 Å². The van der Waals surface area contributed by atoms with Crippen molar-refractivity contribution in [2.45, 2.75) is 12.8 Å². The van der Waals surface area contributed by atoms with Gasteiger partial charge < -0.3 is 9.64 Å². The van der Waals surface area contributed by atoms with E-state index in [1.807, 2.05) is 65.6 Å². The van der Waals surface area contributed by atoms with E-state index in [1.54, 1.807) is 6.07 Å². The molecule has 2 heterocycles. The monoisotopic (exact) mass is 345 g/mol. The van der Waals surface area contributed by atoms with Gasteiger partial charge in [0.2, 0.25) is 5.88 Å². The molecule has 0 N–H and O–H groups in total. The summed E-state index contributed by atoms with van der Waals surface area (Å²) in [6, 6.07) is 20.6. The van der Waals surface area contributed by atoms with Crippen molar-refractivity contribution in [3.63, 3.8) is 0 Å². The Morgan fingerprint density at radius 2 is 1.58 bits per heavy atom. The van der Waals surface area contributed by atoms with Crippen LogP contribution < -0.4 is 4.74 Å². The summed E-state index contributed by atoms with van der Waals surface area (Å²) < 4.78 is 5.65. The molecule has 5 nitrogen and oxygen atoms in total. The molecule has 130 valence electrons. The van der Waals surface area contributed by atoms with Gasteiger partial charge in [0.05, 0.1) is 5.69 Å². The van der Waals surface area contributed by atoms with Gasteiger partial charge in [-0.2, -0.15) is 0 Å². The zero-order chi connectivity index (χ0) is 17.8. The molecule has 0 spiro atoms. The molecule has 1 aliphatic rings. The second-order valence-corrected chi connectivity index (χ2v) is 6.25. The van der Waals surface area contributed by atoms with E-state index < -0.39 is 0 Å². The number of nitrogens with zero attached hydrogens (tertiary/aromatic N) is 3. The predicted molar refractivity (Wildman–Crippen MR) is 99.1 cm³/mol. The van der Waals surface area contributed by atoms with Crippen molar-refractivity contribution in [3.05, 3.63) is 72.3 Å². The maximum absolute atomic E-state index is 12.4. The molecular weight excluding hydrogens is 326 g/mol. The second-order valence-electron chi connectivity index (χ2n) is 6.25. The van der Waals surface area contributed by atoms with Crippen molar-refractivity contribution in [2.24, 2.45) is 0 Å². The summed E-state index contributed by atoms with van der Waals surface area (Å²) in [5.74, 6) is 1.27. The number of hydrogen-bond donors (Lipinski definition) is 0. The Bertz CT molecular complexity index is 871. The molecule has 1 aromatic heterocycles. The minimum atomic E-state index is 0.103. The molecule has 1 amide bonds. The summed E-state index contributed by atoms with van der Waals surface area (Å²) >= 11 is 0. The van der Waals surface area contributed by atoms with E-state index in [9.17, 15) is 4.79 Å². The van der Waals surface area contributed by atoms with Gasteiger partial charge >= 0.3 is 0 Å². The topological polar surface area (TPSA) is 55.3 Å². The number of hydrogen-bond acceptors (Lipinski definition) is 4. The van der Waals surface area contributed by atoms with Crippen LogP contribution in [0.4, 0.5) is 0 Å². The molecule has 3 aromatic rings. The largest absolute Gasteiger partial charge is 0.438 e. The van der Waals surface area contributed by atoms with Crippen LogP contribution in [0.25, 0.3) is 11.3 Å². The number of para-hydroxylation sites is 1. The summed E-state index contributed by atoms with van der Waals surface area (Å²) in [7, 11) is 0. The maximum Gasteiger partial charge on any atom is 0.253 e. The summed E-state index contributed by atoms with van der Waals surface area (Å²) in [5.41, 5.74) is 2.37. The van der Waals surface area contributed by atoms with Crippen LogP contribution in [0.3, 0.4) is 0 Å². The van der Waals surface area contributed by atoms with Gasteiger partial charge in [-0.3, -0.25) is 4.79 Å². The SMILES string of the molecule is O=C(c1ccc(-c2ccc(Oc3ccccc3)nn2)cc1)N1CCCC1. The lowest BCUT2D eigenvalue weighted by Crippen LogP contribution is -2.27. The van der Waals surface area contributed by atoms with Crippen molar-refractivity contribution < 1.29 is 9.53 Å². The third-order valence-corrected chi connectivity index (χ3v) is 4.43. The molecule has 0 unspecified atom stereocenters. The van der Waals surface area contributed by atoms with Gasteiger partial charge in [0.15, 0.2) is 0 Å². The van der Waals surface area contributed by atoms with Crippen molar-refractivity contribution >= 4 is 5.91 Å². The van der Waals surface area contributed by atoms with Gasteiger partial charge in [-0.05, 0) is 43.2 Å². The number of aromatic nitrogens is 2. The average Bonchev–Trinajstić information content (AvgIpc) is 3.24. The summed E-state index contributed by atoms with van der Waals surface area (Å²) in [4.78, 5) is 14.3. The highest BCUT2D eigenvalue weighted by molar-refractivity contribution is 5.94. The van der Waals surface area contributed by atoms with E-state index >= 15 is 0 Å². The summed E-state index contributed by atoms with van der Waals surface area (Å²) in [5, 5.41) is 8.35. The molecule has 1 saturated heterocycles. The number of likely N-dealkylation sites (tertiary alicyclic amines) is 1. The smallest absolute Gasteiger partial charge is 0.253 e. The van der Waals surface area contributed by atoms with Crippen molar-refractivity contribution in [1.82, 2.24) is 15.1 Å². The summed E-state index contributed by atoms with van der Waals surface area (Å²) in [6.07, 6.45) is 2.19. The molecule has 5 heteroatoms. The molecule has 0 aliphatic carbocycles. The lowest BCUT2D eigenvalue weighted by Gasteiger charge is -2.15. The minimum Gasteiger partial charge on any atom is -0.438 e. The number of benzene rings is 2. The van der Waals surface area contributed by atoms with Crippen LogP contribution in [0.15, 0.2) is 66.7 Å². The first-order valence-electron chi connectivity index (χ1n) is 8.76. The van der Waals surface area contributed by atoms with Crippen LogP contribution in [-0.4, -0.2) is 34.1 Å². The van der Waals surface area contributed by atoms with E-state index in [-0.39, 0.29) is 5.91 Å². The van der Waals surface area contributed by atoms with Crippen LogP contribution >= 0.6 is 0 Å². The zero-order valence-corrected chi connectivity index (χ0v) is 14.3. The zero-order valence-electron chi connectivity index (χ0n) is 14.3. The first kappa shape index (κ1) is 16.3. The van der Waals surface area contributed by atoms with Crippen molar-refractivity contribution in [2.75, 3.05) is 13.1 Å². The normalized spacial score (nSPS) is 13.6. The Kier molecular flexibility index (Phi) is 4.60. The number of rotatable bonds is 4. The molecule has 0 radical (unpaired) electrons. The van der Waals surface area contributed by atoms with Crippen LogP contribution in [0.2, 0.25) is 0 Å². The highest BCUT2D eigenvalue weighted by Gasteiger charge is 2.19. The number of amides is 1. The number of ether oxygens (including phenoxy) is 1. The Labute approximate surface area is 152 Å². The van der Waals surface area contributed by atoms with E-state index in [4.69, 9.17) is 4.74 Å². The van der Waals surface area contributed by atoms with Crippen molar-refractivity contribution in [3.8, 4) is 22.9 Å². The fourth-order valence-corrected chi connectivity index (χ4v) is 3.02.